The maximum atomic E-state index is 6.17. The van der Waals surface area contributed by atoms with Crippen LogP contribution >= 0.6 is 0 Å². The molecule has 0 bridgehead atoms. The van der Waals surface area contributed by atoms with Crippen molar-refractivity contribution in [2.75, 3.05) is 73.2 Å². The van der Waals surface area contributed by atoms with Crippen LogP contribution in [0.5, 0.6) is 0 Å². The lowest BCUT2D eigenvalue weighted by Gasteiger charge is -2.51. The first-order chi connectivity index (χ1) is 10.6. The molecule has 128 valence electrons. The van der Waals surface area contributed by atoms with Crippen LogP contribution in [0.4, 0.5) is 0 Å². The van der Waals surface area contributed by atoms with Crippen LogP contribution in [-0.4, -0.2) is 88.3 Å². The van der Waals surface area contributed by atoms with E-state index >= 15 is 0 Å². The number of quaternary nitrogens is 2. The lowest BCUT2D eigenvalue weighted by atomic mass is 9.82. The van der Waals surface area contributed by atoms with E-state index in [-0.39, 0.29) is 0 Å². The van der Waals surface area contributed by atoms with Gasteiger partial charge in [-0.3, -0.25) is 0 Å². The van der Waals surface area contributed by atoms with Crippen LogP contribution in [-0.2, 0) is 9.47 Å². The Kier molecular flexibility index (Phi) is 5.43. The second-order valence-electron chi connectivity index (χ2n) is 8.37. The van der Waals surface area contributed by atoms with Gasteiger partial charge in [0.2, 0.25) is 0 Å². The van der Waals surface area contributed by atoms with Crippen molar-refractivity contribution in [3.05, 3.63) is 0 Å². The number of fused-ring (bicyclic) bond motifs is 1. The molecule has 0 radical (unpaired) electrons. The topological polar surface area (TPSA) is 18.5 Å². The van der Waals surface area contributed by atoms with Gasteiger partial charge >= 0.3 is 0 Å². The summed E-state index contributed by atoms with van der Waals surface area (Å²) in [5.41, 5.74) is 0. The highest BCUT2D eigenvalue weighted by molar-refractivity contribution is 4.78. The molecular formula is C18H36N2O2+2. The largest absolute Gasteiger partial charge is 0.375 e. The van der Waals surface area contributed by atoms with E-state index in [9.17, 15) is 0 Å². The second kappa shape index (κ2) is 7.16. The van der Waals surface area contributed by atoms with Crippen LogP contribution in [0.1, 0.15) is 32.1 Å². The van der Waals surface area contributed by atoms with Crippen LogP contribution in [0.3, 0.4) is 0 Å². The molecule has 0 saturated carbocycles. The van der Waals surface area contributed by atoms with Gasteiger partial charge < -0.3 is 18.4 Å². The molecule has 0 spiro atoms. The quantitative estimate of drug-likeness (QED) is 0.570. The van der Waals surface area contributed by atoms with Gasteiger partial charge in [0, 0.05) is 12.3 Å². The zero-order valence-corrected chi connectivity index (χ0v) is 14.8. The molecule has 4 nitrogen and oxygen atoms in total. The summed E-state index contributed by atoms with van der Waals surface area (Å²) in [5.74, 6) is 0.800. The van der Waals surface area contributed by atoms with Gasteiger partial charge in [0.25, 0.3) is 0 Å². The Morgan fingerprint density at radius 3 is 2.55 bits per heavy atom. The summed E-state index contributed by atoms with van der Waals surface area (Å²) < 4.78 is 14.1. The van der Waals surface area contributed by atoms with E-state index in [1.165, 1.54) is 49.7 Å². The molecule has 0 amide bonds. The molecule has 3 fully saturated rings. The van der Waals surface area contributed by atoms with E-state index in [1.807, 2.05) is 0 Å². The van der Waals surface area contributed by atoms with Gasteiger partial charge in [0.1, 0.15) is 19.6 Å². The molecule has 3 aliphatic rings. The Morgan fingerprint density at radius 2 is 1.73 bits per heavy atom. The van der Waals surface area contributed by atoms with Crippen LogP contribution < -0.4 is 0 Å². The summed E-state index contributed by atoms with van der Waals surface area (Å²) >= 11 is 0. The summed E-state index contributed by atoms with van der Waals surface area (Å²) in [5, 5.41) is 0. The molecule has 0 aromatic rings. The molecular weight excluding hydrogens is 276 g/mol. The fourth-order valence-electron chi connectivity index (χ4n) is 4.95. The molecule has 0 aromatic carbocycles. The first kappa shape index (κ1) is 16.7. The Balaban J connectivity index is 1.43. The van der Waals surface area contributed by atoms with Gasteiger partial charge in [-0.15, -0.1) is 0 Å². The Labute approximate surface area is 136 Å². The van der Waals surface area contributed by atoms with E-state index in [0.717, 1.165) is 62.5 Å². The third-order valence-corrected chi connectivity index (χ3v) is 6.67. The van der Waals surface area contributed by atoms with E-state index in [4.69, 9.17) is 9.47 Å². The van der Waals surface area contributed by atoms with E-state index < -0.39 is 0 Å². The molecule has 3 heterocycles. The Hall–Kier alpha value is -0.160. The zero-order chi connectivity index (χ0) is 15.5. The average molecular weight is 312 g/mol. The summed E-state index contributed by atoms with van der Waals surface area (Å²) in [7, 11) is 4.84. The maximum Gasteiger partial charge on any atom is 0.102 e. The van der Waals surface area contributed by atoms with E-state index in [2.05, 4.69) is 14.1 Å². The van der Waals surface area contributed by atoms with Crippen LogP contribution in [0, 0.1) is 5.92 Å². The zero-order valence-electron chi connectivity index (χ0n) is 14.8. The number of piperidine rings is 2. The predicted octanol–water partition coefficient (Wildman–Crippen LogP) is 1.89. The highest BCUT2D eigenvalue weighted by atomic mass is 16.5. The second-order valence-corrected chi connectivity index (χ2v) is 8.37. The summed E-state index contributed by atoms with van der Waals surface area (Å²) in [4.78, 5) is 0. The number of likely N-dealkylation sites (N-methyl/N-ethyl adjacent to an activating group) is 1. The number of nitrogens with zero attached hydrogens (tertiary/aromatic N) is 2. The minimum Gasteiger partial charge on any atom is -0.375 e. The first-order valence-corrected chi connectivity index (χ1v) is 9.45. The third kappa shape index (κ3) is 3.84. The summed E-state index contributed by atoms with van der Waals surface area (Å²) in [6, 6.07) is 0.871. The van der Waals surface area contributed by atoms with Gasteiger partial charge in [-0.1, -0.05) is 0 Å². The monoisotopic (exact) mass is 312 g/mol. The van der Waals surface area contributed by atoms with Crippen molar-refractivity contribution in [3.8, 4) is 0 Å². The molecule has 0 unspecified atom stereocenters. The van der Waals surface area contributed by atoms with Crippen molar-refractivity contribution in [1.82, 2.24) is 0 Å². The van der Waals surface area contributed by atoms with Gasteiger partial charge in [-0.05, 0) is 25.7 Å². The number of hydrogen-bond acceptors (Lipinski definition) is 2. The lowest BCUT2D eigenvalue weighted by Crippen LogP contribution is -2.61. The fourth-order valence-corrected chi connectivity index (χ4v) is 4.95. The normalized spacial score (nSPS) is 38.5. The minimum absolute atomic E-state index is 0.800. The Bertz CT molecular complexity index is 353. The molecule has 3 saturated heterocycles. The van der Waals surface area contributed by atoms with Crippen molar-refractivity contribution < 1.29 is 18.4 Å². The summed E-state index contributed by atoms with van der Waals surface area (Å²) in [6.45, 7) is 9.97. The lowest BCUT2D eigenvalue weighted by molar-refractivity contribution is -0.947. The molecule has 3 atom stereocenters. The van der Waals surface area contributed by atoms with Gasteiger partial charge in [0.05, 0.1) is 59.7 Å². The standard InChI is InChI=1S/C18H36N2O2/c1-19(10-13-21-14-11-19)12-15-22-16-17-6-5-9-20(2)8-4-3-7-18(17)20/h17-18H,3-16H2,1-2H3/q+2/t17-,18+,20+/m0/s1. The van der Waals surface area contributed by atoms with Gasteiger partial charge in [0.15, 0.2) is 0 Å². The highest BCUT2D eigenvalue weighted by Gasteiger charge is 2.43. The van der Waals surface area contributed by atoms with Crippen molar-refractivity contribution in [2.45, 2.75) is 38.1 Å². The van der Waals surface area contributed by atoms with Crippen LogP contribution in [0.2, 0.25) is 0 Å². The van der Waals surface area contributed by atoms with Gasteiger partial charge in [-0.2, -0.15) is 0 Å². The first-order valence-electron chi connectivity index (χ1n) is 9.45. The molecule has 22 heavy (non-hydrogen) atoms. The van der Waals surface area contributed by atoms with Crippen LogP contribution in [0.25, 0.3) is 0 Å². The third-order valence-electron chi connectivity index (χ3n) is 6.67. The highest BCUT2D eigenvalue weighted by Crippen LogP contribution is 2.36. The molecule has 0 aromatic heterocycles. The van der Waals surface area contributed by atoms with Crippen molar-refractivity contribution in [1.29, 1.82) is 0 Å². The molecule has 3 aliphatic heterocycles. The molecule has 4 heteroatoms. The Morgan fingerprint density at radius 1 is 0.955 bits per heavy atom. The van der Waals surface area contributed by atoms with E-state index in [0.29, 0.717) is 0 Å². The van der Waals surface area contributed by atoms with Crippen molar-refractivity contribution in [3.63, 3.8) is 0 Å². The van der Waals surface area contributed by atoms with Crippen molar-refractivity contribution >= 4 is 0 Å². The van der Waals surface area contributed by atoms with Crippen LogP contribution in [0.15, 0.2) is 0 Å². The molecule has 0 N–H and O–H groups in total. The van der Waals surface area contributed by atoms with E-state index in [1.54, 1.807) is 0 Å². The number of ether oxygens (including phenoxy) is 2. The number of hydrogen-bond donors (Lipinski definition) is 0. The SMILES string of the molecule is C[N+]1(CCOC[C@@H]2CCC[N@@+]3(C)CCCC[C@H]23)CCOCC1. The predicted molar refractivity (Wildman–Crippen MR) is 88.7 cm³/mol. The number of morpholine rings is 1. The maximum absolute atomic E-state index is 6.17. The average Bonchev–Trinajstić information content (AvgIpc) is 2.51. The number of rotatable bonds is 5. The summed E-state index contributed by atoms with van der Waals surface area (Å²) in [6.07, 6.45) is 7.07. The minimum atomic E-state index is 0.800. The fraction of sp³-hybridized carbons (Fsp3) is 1.00. The van der Waals surface area contributed by atoms with Gasteiger partial charge in [-0.25, -0.2) is 0 Å². The smallest absolute Gasteiger partial charge is 0.102 e. The van der Waals surface area contributed by atoms with Crippen molar-refractivity contribution in [2.24, 2.45) is 5.92 Å². The molecule has 3 rings (SSSR count). The molecule has 0 aliphatic carbocycles.